The largest absolute Gasteiger partial charge is 0.394 e. The molecular formula is C14H19N3O2. The zero-order valence-electron chi connectivity index (χ0n) is 11.5. The second-order valence-corrected chi connectivity index (χ2v) is 4.76. The third-order valence-electron chi connectivity index (χ3n) is 2.98. The Kier molecular flexibility index (Phi) is 5.04. The van der Waals surface area contributed by atoms with Gasteiger partial charge in [-0.2, -0.15) is 0 Å². The van der Waals surface area contributed by atoms with Gasteiger partial charge in [0.25, 0.3) is 5.91 Å². The van der Waals surface area contributed by atoms with Crippen LogP contribution < -0.4 is 5.73 Å². The number of aromatic nitrogens is 1. The molecule has 5 nitrogen and oxygen atoms in total. The van der Waals surface area contributed by atoms with Crippen molar-refractivity contribution in [1.82, 2.24) is 9.88 Å². The van der Waals surface area contributed by atoms with Gasteiger partial charge in [0.15, 0.2) is 0 Å². The Morgan fingerprint density at radius 1 is 1.58 bits per heavy atom. The molecule has 0 spiro atoms. The maximum atomic E-state index is 12.4. The van der Waals surface area contributed by atoms with E-state index in [1.54, 1.807) is 33.2 Å². The Hall–Kier alpha value is -1.90. The lowest BCUT2D eigenvalue weighted by Crippen LogP contribution is -2.47. The summed E-state index contributed by atoms with van der Waals surface area (Å²) in [6, 6.07) is 1.62. The van der Waals surface area contributed by atoms with Crippen molar-refractivity contribution in [3.63, 3.8) is 0 Å². The van der Waals surface area contributed by atoms with Crippen molar-refractivity contribution in [3.8, 4) is 11.8 Å². The predicted molar refractivity (Wildman–Crippen MR) is 73.4 cm³/mol. The molecular weight excluding hydrogens is 242 g/mol. The number of likely N-dealkylation sites (N-methyl/N-ethyl adjacent to an activating group) is 1. The molecule has 0 radical (unpaired) electrons. The molecule has 1 aromatic rings. The van der Waals surface area contributed by atoms with Crippen molar-refractivity contribution in [1.29, 1.82) is 0 Å². The van der Waals surface area contributed by atoms with E-state index in [0.717, 1.165) is 0 Å². The van der Waals surface area contributed by atoms with Crippen LogP contribution in [0.25, 0.3) is 0 Å². The van der Waals surface area contributed by atoms with Gasteiger partial charge in [-0.1, -0.05) is 11.8 Å². The van der Waals surface area contributed by atoms with E-state index in [1.807, 2.05) is 0 Å². The molecule has 19 heavy (non-hydrogen) atoms. The van der Waals surface area contributed by atoms with E-state index in [2.05, 4.69) is 16.8 Å². The Morgan fingerprint density at radius 3 is 2.84 bits per heavy atom. The quantitative estimate of drug-likeness (QED) is 0.764. The van der Waals surface area contributed by atoms with E-state index in [-0.39, 0.29) is 19.1 Å². The van der Waals surface area contributed by atoms with Crippen molar-refractivity contribution < 1.29 is 9.90 Å². The van der Waals surface area contributed by atoms with Gasteiger partial charge in [-0.05, 0) is 19.9 Å². The number of hydrogen-bond donors (Lipinski definition) is 2. The summed E-state index contributed by atoms with van der Waals surface area (Å²) < 4.78 is 0. The zero-order valence-corrected chi connectivity index (χ0v) is 11.5. The average molecular weight is 261 g/mol. The molecule has 0 atom stereocenters. The Labute approximate surface area is 113 Å². The molecule has 0 aliphatic carbocycles. The maximum Gasteiger partial charge on any atom is 0.255 e. The third kappa shape index (κ3) is 3.53. The van der Waals surface area contributed by atoms with Crippen molar-refractivity contribution >= 4 is 5.91 Å². The van der Waals surface area contributed by atoms with Gasteiger partial charge >= 0.3 is 0 Å². The fourth-order valence-corrected chi connectivity index (χ4v) is 1.39. The number of carbonyl (C=O) groups is 1. The number of carbonyl (C=O) groups excluding carboxylic acids is 1. The maximum absolute atomic E-state index is 12.4. The third-order valence-corrected chi connectivity index (χ3v) is 2.98. The number of nitrogens with zero attached hydrogens (tertiary/aromatic N) is 2. The standard InChI is InChI=1S/C14H19N3O2/c1-14(2,10-18)17(3)13(19)12-6-8-16-9-11(12)5-4-7-15/h6,8-9,18H,7,10,15H2,1-3H3. The molecule has 3 N–H and O–H groups in total. The number of hydrogen-bond acceptors (Lipinski definition) is 4. The first-order valence-electron chi connectivity index (χ1n) is 5.96. The highest BCUT2D eigenvalue weighted by molar-refractivity contribution is 5.96. The number of amides is 1. The first-order valence-corrected chi connectivity index (χ1v) is 5.96. The number of nitrogens with two attached hydrogens (primary N) is 1. The van der Waals surface area contributed by atoms with Crippen molar-refractivity contribution in [2.45, 2.75) is 19.4 Å². The van der Waals surface area contributed by atoms with Crippen LogP contribution in [0.4, 0.5) is 0 Å². The molecule has 0 fully saturated rings. The molecule has 1 amide bonds. The molecule has 0 bridgehead atoms. The van der Waals surface area contributed by atoms with E-state index in [4.69, 9.17) is 5.73 Å². The predicted octanol–water partition coefficient (Wildman–Crippen LogP) is 0.235. The van der Waals surface area contributed by atoms with Crippen LogP contribution in [-0.4, -0.2) is 46.6 Å². The first kappa shape index (κ1) is 15.2. The van der Waals surface area contributed by atoms with Gasteiger partial charge in [0.05, 0.1) is 29.8 Å². The van der Waals surface area contributed by atoms with Gasteiger partial charge in [-0.15, -0.1) is 0 Å². The van der Waals surface area contributed by atoms with Crippen LogP contribution in [0.2, 0.25) is 0 Å². The highest BCUT2D eigenvalue weighted by Crippen LogP contribution is 2.17. The SMILES string of the molecule is CN(C(=O)c1ccncc1C#CCN)C(C)(C)CO. The summed E-state index contributed by atoms with van der Waals surface area (Å²) in [6.07, 6.45) is 3.08. The van der Waals surface area contributed by atoms with Crippen LogP contribution in [0.1, 0.15) is 29.8 Å². The van der Waals surface area contributed by atoms with Gasteiger partial charge in [0, 0.05) is 19.4 Å². The first-order chi connectivity index (χ1) is 8.94. The number of aliphatic hydroxyl groups excluding tert-OH is 1. The van der Waals surface area contributed by atoms with E-state index < -0.39 is 5.54 Å². The van der Waals surface area contributed by atoms with E-state index in [1.165, 1.54) is 11.1 Å². The molecule has 5 heteroatoms. The molecule has 0 unspecified atom stereocenters. The topological polar surface area (TPSA) is 79.5 Å². The summed E-state index contributed by atoms with van der Waals surface area (Å²) >= 11 is 0. The van der Waals surface area contributed by atoms with Crippen molar-refractivity contribution in [3.05, 3.63) is 29.6 Å². The minimum absolute atomic E-state index is 0.121. The molecule has 102 valence electrons. The second-order valence-electron chi connectivity index (χ2n) is 4.76. The van der Waals surface area contributed by atoms with Crippen LogP contribution in [0, 0.1) is 11.8 Å². The van der Waals surface area contributed by atoms with E-state index >= 15 is 0 Å². The fraction of sp³-hybridized carbons (Fsp3) is 0.429. The lowest BCUT2D eigenvalue weighted by molar-refractivity contribution is 0.0473. The number of rotatable bonds is 3. The van der Waals surface area contributed by atoms with Crippen LogP contribution in [0.3, 0.4) is 0 Å². The molecule has 0 saturated carbocycles. The zero-order chi connectivity index (χ0) is 14.5. The molecule has 0 aromatic carbocycles. The summed E-state index contributed by atoms with van der Waals surface area (Å²) in [6.45, 7) is 3.68. The highest BCUT2D eigenvalue weighted by Gasteiger charge is 2.28. The summed E-state index contributed by atoms with van der Waals surface area (Å²) in [4.78, 5) is 17.9. The summed E-state index contributed by atoms with van der Waals surface area (Å²) in [7, 11) is 1.65. The smallest absolute Gasteiger partial charge is 0.255 e. The van der Waals surface area contributed by atoms with Crippen LogP contribution >= 0.6 is 0 Å². The summed E-state index contributed by atoms with van der Waals surface area (Å²) in [5.74, 6) is 5.33. The molecule has 1 rings (SSSR count). The van der Waals surface area contributed by atoms with Crippen LogP contribution in [0.15, 0.2) is 18.5 Å². The van der Waals surface area contributed by atoms with E-state index in [0.29, 0.717) is 11.1 Å². The summed E-state index contributed by atoms with van der Waals surface area (Å²) in [5.41, 5.74) is 5.69. The van der Waals surface area contributed by atoms with Crippen LogP contribution in [0.5, 0.6) is 0 Å². The average Bonchev–Trinajstić information content (AvgIpc) is 2.43. The van der Waals surface area contributed by atoms with Crippen LogP contribution in [-0.2, 0) is 0 Å². The number of pyridine rings is 1. The molecule has 0 saturated heterocycles. The van der Waals surface area contributed by atoms with Gasteiger partial charge in [0.2, 0.25) is 0 Å². The van der Waals surface area contributed by atoms with Gasteiger partial charge in [-0.25, -0.2) is 0 Å². The second kappa shape index (κ2) is 6.32. The highest BCUT2D eigenvalue weighted by atomic mass is 16.3. The van der Waals surface area contributed by atoms with Gasteiger partial charge < -0.3 is 15.7 Å². The fourth-order valence-electron chi connectivity index (χ4n) is 1.39. The van der Waals surface area contributed by atoms with Crippen molar-refractivity contribution in [2.24, 2.45) is 5.73 Å². The number of aliphatic hydroxyl groups is 1. The monoisotopic (exact) mass is 261 g/mol. The van der Waals surface area contributed by atoms with E-state index in [9.17, 15) is 9.90 Å². The van der Waals surface area contributed by atoms with Gasteiger partial charge in [-0.3, -0.25) is 9.78 Å². The Morgan fingerprint density at radius 2 is 2.26 bits per heavy atom. The molecule has 0 aliphatic rings. The normalized spacial score (nSPS) is 10.6. The molecule has 0 aliphatic heterocycles. The molecule has 1 aromatic heterocycles. The lowest BCUT2D eigenvalue weighted by atomic mass is 10.0. The lowest BCUT2D eigenvalue weighted by Gasteiger charge is -2.34. The van der Waals surface area contributed by atoms with Gasteiger partial charge in [0.1, 0.15) is 0 Å². The Balaban J connectivity index is 3.13. The minimum Gasteiger partial charge on any atom is -0.394 e. The Bertz CT molecular complexity index is 515. The summed E-state index contributed by atoms with van der Waals surface area (Å²) in [5, 5.41) is 9.32. The minimum atomic E-state index is -0.640. The van der Waals surface area contributed by atoms with Crippen molar-refractivity contribution in [2.75, 3.05) is 20.2 Å². The molecule has 1 heterocycles.